The van der Waals surface area contributed by atoms with Crippen LogP contribution in [0.1, 0.15) is 5.69 Å². The molecule has 2 aromatic rings. The molecule has 0 aliphatic rings. The Morgan fingerprint density at radius 2 is 1.94 bits per heavy atom. The molecule has 1 aromatic heterocycles. The van der Waals surface area contributed by atoms with Crippen LogP contribution in [0.5, 0.6) is 11.6 Å². The van der Waals surface area contributed by atoms with E-state index in [2.05, 4.69) is 15.3 Å². The molecule has 0 aliphatic carbocycles. The number of nitrogens with one attached hydrogen (secondary N) is 1. The van der Waals surface area contributed by atoms with Gasteiger partial charge in [0.1, 0.15) is 5.82 Å². The minimum Gasteiger partial charge on any atom is -0.436 e. The predicted octanol–water partition coefficient (Wildman–Crippen LogP) is 2.90. The van der Waals surface area contributed by atoms with Gasteiger partial charge in [-0.25, -0.2) is 13.8 Å². The van der Waals surface area contributed by atoms with Gasteiger partial charge in [0, 0.05) is 24.9 Å². The first-order valence-electron chi connectivity index (χ1n) is 5.25. The summed E-state index contributed by atoms with van der Waals surface area (Å²) in [6, 6.07) is 4.64. The first-order chi connectivity index (χ1) is 8.58. The summed E-state index contributed by atoms with van der Waals surface area (Å²) in [4.78, 5) is 8.08. The Balaban J connectivity index is 2.30. The maximum atomic E-state index is 13.4. The third kappa shape index (κ3) is 2.71. The molecule has 0 radical (unpaired) electrons. The zero-order valence-corrected chi connectivity index (χ0v) is 9.87. The van der Waals surface area contributed by atoms with E-state index in [0.29, 0.717) is 11.6 Å². The van der Waals surface area contributed by atoms with Crippen LogP contribution < -0.4 is 10.1 Å². The Morgan fingerprint density at radius 1 is 1.17 bits per heavy atom. The monoisotopic (exact) mass is 251 g/mol. The van der Waals surface area contributed by atoms with Crippen LogP contribution in [0.4, 0.5) is 14.7 Å². The van der Waals surface area contributed by atoms with Gasteiger partial charge in [0.15, 0.2) is 11.6 Å². The fraction of sp³-hybridized carbons (Fsp3) is 0.167. The maximum absolute atomic E-state index is 13.4. The van der Waals surface area contributed by atoms with Gasteiger partial charge in [0.25, 0.3) is 0 Å². The molecule has 94 valence electrons. The molecular weight excluding hydrogens is 240 g/mol. The van der Waals surface area contributed by atoms with Crippen LogP contribution in [-0.4, -0.2) is 17.0 Å². The van der Waals surface area contributed by atoms with E-state index in [9.17, 15) is 8.78 Å². The van der Waals surface area contributed by atoms with E-state index in [4.69, 9.17) is 4.74 Å². The SMILES string of the molecule is CNc1nc(C)cc(Oc2ccc(F)cc2F)n1. The molecule has 1 aromatic carbocycles. The second-order valence-electron chi connectivity index (χ2n) is 3.60. The lowest BCUT2D eigenvalue weighted by Gasteiger charge is -2.08. The van der Waals surface area contributed by atoms with E-state index in [0.717, 1.165) is 12.1 Å². The van der Waals surface area contributed by atoms with Crippen molar-refractivity contribution in [3.8, 4) is 11.6 Å². The molecule has 0 spiro atoms. The zero-order chi connectivity index (χ0) is 13.1. The van der Waals surface area contributed by atoms with Crippen LogP contribution in [0.15, 0.2) is 24.3 Å². The number of anilines is 1. The van der Waals surface area contributed by atoms with E-state index in [1.54, 1.807) is 20.0 Å². The van der Waals surface area contributed by atoms with Crippen molar-refractivity contribution in [2.75, 3.05) is 12.4 Å². The Morgan fingerprint density at radius 3 is 2.61 bits per heavy atom. The molecule has 18 heavy (non-hydrogen) atoms. The molecular formula is C12H11F2N3O. The summed E-state index contributed by atoms with van der Waals surface area (Å²) in [6.45, 7) is 1.76. The second-order valence-corrected chi connectivity index (χ2v) is 3.60. The van der Waals surface area contributed by atoms with Gasteiger partial charge in [-0.2, -0.15) is 4.98 Å². The highest BCUT2D eigenvalue weighted by Gasteiger charge is 2.08. The summed E-state index contributed by atoms with van der Waals surface area (Å²) >= 11 is 0. The molecule has 0 atom stereocenters. The molecule has 6 heteroatoms. The van der Waals surface area contributed by atoms with E-state index < -0.39 is 11.6 Å². The fourth-order valence-electron chi connectivity index (χ4n) is 1.37. The standard InChI is InChI=1S/C12H11F2N3O/c1-7-5-11(17-12(15-2)16-7)18-10-4-3-8(13)6-9(10)14/h3-6H,1-2H3,(H,15,16,17). The number of ether oxygens (including phenoxy) is 1. The zero-order valence-electron chi connectivity index (χ0n) is 9.87. The van der Waals surface area contributed by atoms with Crippen LogP contribution in [-0.2, 0) is 0 Å². The maximum Gasteiger partial charge on any atom is 0.225 e. The normalized spacial score (nSPS) is 10.2. The average molecular weight is 251 g/mol. The van der Waals surface area contributed by atoms with Gasteiger partial charge in [-0.3, -0.25) is 0 Å². The third-order valence-corrected chi connectivity index (χ3v) is 2.16. The molecule has 0 fully saturated rings. The first kappa shape index (κ1) is 12.2. The Kier molecular flexibility index (Phi) is 3.36. The minimum absolute atomic E-state index is 0.0865. The molecule has 2 rings (SSSR count). The van der Waals surface area contributed by atoms with Crippen LogP contribution in [0, 0.1) is 18.6 Å². The number of benzene rings is 1. The Bertz CT molecular complexity index is 575. The van der Waals surface area contributed by atoms with Gasteiger partial charge in [-0.05, 0) is 19.1 Å². The Labute approximate surface area is 103 Å². The average Bonchev–Trinajstić information content (AvgIpc) is 2.32. The molecule has 0 aliphatic heterocycles. The largest absolute Gasteiger partial charge is 0.436 e. The minimum atomic E-state index is -0.780. The van der Waals surface area contributed by atoms with Crippen LogP contribution in [0.3, 0.4) is 0 Å². The van der Waals surface area contributed by atoms with Crippen molar-refractivity contribution in [2.45, 2.75) is 6.92 Å². The number of aromatic nitrogens is 2. The molecule has 0 saturated carbocycles. The fourth-order valence-corrected chi connectivity index (χ4v) is 1.37. The summed E-state index contributed by atoms with van der Waals surface area (Å²) in [5.74, 6) is -0.965. The van der Waals surface area contributed by atoms with E-state index >= 15 is 0 Å². The lowest BCUT2D eigenvalue weighted by atomic mass is 10.3. The van der Waals surface area contributed by atoms with Gasteiger partial charge in [0.2, 0.25) is 11.8 Å². The van der Waals surface area contributed by atoms with Crippen molar-refractivity contribution >= 4 is 5.95 Å². The molecule has 0 saturated heterocycles. The Hall–Kier alpha value is -2.24. The number of nitrogens with zero attached hydrogens (tertiary/aromatic N) is 2. The topological polar surface area (TPSA) is 47.0 Å². The number of hydrogen-bond acceptors (Lipinski definition) is 4. The summed E-state index contributed by atoms with van der Waals surface area (Å²) in [6.07, 6.45) is 0. The molecule has 4 nitrogen and oxygen atoms in total. The summed E-state index contributed by atoms with van der Waals surface area (Å²) in [7, 11) is 1.66. The van der Waals surface area contributed by atoms with Crippen molar-refractivity contribution in [3.63, 3.8) is 0 Å². The lowest BCUT2D eigenvalue weighted by molar-refractivity contribution is 0.423. The van der Waals surface area contributed by atoms with Crippen molar-refractivity contribution in [1.82, 2.24) is 9.97 Å². The van der Waals surface area contributed by atoms with Crippen molar-refractivity contribution < 1.29 is 13.5 Å². The molecule has 0 amide bonds. The highest BCUT2D eigenvalue weighted by Crippen LogP contribution is 2.24. The van der Waals surface area contributed by atoms with Crippen molar-refractivity contribution in [2.24, 2.45) is 0 Å². The first-order valence-corrected chi connectivity index (χ1v) is 5.25. The highest BCUT2D eigenvalue weighted by molar-refractivity contribution is 5.34. The van der Waals surface area contributed by atoms with Crippen molar-refractivity contribution in [3.05, 3.63) is 41.6 Å². The number of halogens is 2. The molecule has 0 unspecified atom stereocenters. The summed E-state index contributed by atoms with van der Waals surface area (Å²) in [5.41, 5.74) is 0.673. The van der Waals surface area contributed by atoms with Crippen LogP contribution in [0.25, 0.3) is 0 Å². The van der Waals surface area contributed by atoms with Gasteiger partial charge >= 0.3 is 0 Å². The molecule has 1 heterocycles. The van der Waals surface area contributed by atoms with Crippen LogP contribution in [0.2, 0.25) is 0 Å². The molecule has 0 bridgehead atoms. The quantitative estimate of drug-likeness (QED) is 0.911. The van der Waals surface area contributed by atoms with E-state index in [1.807, 2.05) is 0 Å². The van der Waals surface area contributed by atoms with Gasteiger partial charge in [0.05, 0.1) is 0 Å². The smallest absolute Gasteiger partial charge is 0.225 e. The highest BCUT2D eigenvalue weighted by atomic mass is 19.1. The van der Waals surface area contributed by atoms with Crippen molar-refractivity contribution in [1.29, 1.82) is 0 Å². The number of hydrogen-bond donors (Lipinski definition) is 1. The second kappa shape index (κ2) is 4.95. The van der Waals surface area contributed by atoms with Crippen LogP contribution >= 0.6 is 0 Å². The predicted molar refractivity (Wildman–Crippen MR) is 62.7 cm³/mol. The van der Waals surface area contributed by atoms with Gasteiger partial charge in [-0.15, -0.1) is 0 Å². The van der Waals surface area contributed by atoms with E-state index in [1.165, 1.54) is 6.07 Å². The van der Waals surface area contributed by atoms with E-state index in [-0.39, 0.29) is 11.6 Å². The summed E-state index contributed by atoms with van der Waals surface area (Å²) in [5, 5.41) is 2.76. The van der Waals surface area contributed by atoms with Gasteiger partial charge < -0.3 is 10.1 Å². The van der Waals surface area contributed by atoms with Gasteiger partial charge in [-0.1, -0.05) is 0 Å². The number of aryl methyl sites for hydroxylation is 1. The third-order valence-electron chi connectivity index (χ3n) is 2.16. The lowest BCUT2D eigenvalue weighted by Crippen LogP contribution is -2.00. The molecule has 1 N–H and O–H groups in total. The number of rotatable bonds is 3. The summed E-state index contributed by atoms with van der Waals surface area (Å²) < 4.78 is 31.4.